The number of hydrogen-bond acceptors (Lipinski definition) is 3. The van der Waals surface area contributed by atoms with E-state index >= 15 is 0 Å². The lowest BCUT2D eigenvalue weighted by atomic mass is 9.83. The third kappa shape index (κ3) is 3.69. The number of aromatic amines is 1. The van der Waals surface area contributed by atoms with Gasteiger partial charge in [-0.3, -0.25) is 0 Å². The third-order valence-electron chi connectivity index (χ3n) is 3.48. The number of fused-ring (bicyclic) bond motifs is 1. The molecule has 4 heteroatoms. The molecule has 0 fully saturated rings. The van der Waals surface area contributed by atoms with Crippen LogP contribution in [0.15, 0.2) is 23.4 Å². The summed E-state index contributed by atoms with van der Waals surface area (Å²) in [5.74, 6) is 2.54. The van der Waals surface area contributed by atoms with Crippen molar-refractivity contribution in [2.75, 3.05) is 11.5 Å². The van der Waals surface area contributed by atoms with Crippen molar-refractivity contribution in [2.45, 2.75) is 32.9 Å². The van der Waals surface area contributed by atoms with Crippen LogP contribution in [0.1, 0.15) is 26.3 Å². The van der Waals surface area contributed by atoms with Gasteiger partial charge in [0.15, 0.2) is 5.16 Å². The zero-order chi connectivity index (χ0) is 14.0. The number of nitrogens with one attached hydrogen (secondary N) is 1. The van der Waals surface area contributed by atoms with E-state index in [2.05, 4.69) is 68.5 Å². The highest BCUT2D eigenvalue weighted by Crippen LogP contribution is 2.32. The van der Waals surface area contributed by atoms with E-state index in [1.807, 2.05) is 0 Å². The molecular formula is C15H22N2S2. The SMILES string of the molecule is Cc1ccc2nc(SCC(CS)C(C)(C)C)[nH]c2c1. The van der Waals surface area contributed by atoms with Crippen molar-refractivity contribution in [1.82, 2.24) is 9.97 Å². The average molecular weight is 294 g/mol. The van der Waals surface area contributed by atoms with Gasteiger partial charge in [-0.2, -0.15) is 12.6 Å². The zero-order valence-corrected chi connectivity index (χ0v) is 13.7. The van der Waals surface area contributed by atoms with Gasteiger partial charge in [-0.05, 0) is 41.7 Å². The summed E-state index contributed by atoms with van der Waals surface area (Å²) in [6.45, 7) is 8.92. The maximum atomic E-state index is 4.62. The summed E-state index contributed by atoms with van der Waals surface area (Å²) in [4.78, 5) is 8.02. The topological polar surface area (TPSA) is 28.7 Å². The molecule has 1 aromatic heterocycles. The maximum Gasteiger partial charge on any atom is 0.166 e. The van der Waals surface area contributed by atoms with Crippen LogP contribution in [0.3, 0.4) is 0 Å². The molecule has 0 saturated carbocycles. The van der Waals surface area contributed by atoms with Crippen molar-refractivity contribution in [1.29, 1.82) is 0 Å². The first-order chi connectivity index (χ1) is 8.90. The van der Waals surface area contributed by atoms with E-state index in [0.717, 1.165) is 27.7 Å². The average Bonchev–Trinajstić information content (AvgIpc) is 2.69. The molecule has 0 radical (unpaired) electrons. The Kier molecular flexibility index (Phi) is 4.51. The van der Waals surface area contributed by atoms with Crippen LogP contribution in [0.25, 0.3) is 11.0 Å². The zero-order valence-electron chi connectivity index (χ0n) is 12.0. The Labute approximate surface area is 125 Å². The second kappa shape index (κ2) is 5.80. The molecule has 0 spiro atoms. The molecule has 0 bridgehead atoms. The van der Waals surface area contributed by atoms with Crippen LogP contribution < -0.4 is 0 Å². The van der Waals surface area contributed by atoms with Crippen LogP contribution in [0.5, 0.6) is 0 Å². The van der Waals surface area contributed by atoms with Gasteiger partial charge in [0.25, 0.3) is 0 Å². The minimum atomic E-state index is 0.289. The third-order valence-corrected chi connectivity index (χ3v) is 4.96. The molecule has 0 aliphatic carbocycles. The van der Waals surface area contributed by atoms with Crippen LogP contribution in [0.4, 0.5) is 0 Å². The lowest BCUT2D eigenvalue weighted by molar-refractivity contribution is 0.294. The second-order valence-electron chi connectivity index (χ2n) is 6.12. The molecule has 0 aliphatic heterocycles. The number of nitrogens with zero attached hydrogens (tertiary/aromatic N) is 1. The van der Waals surface area contributed by atoms with Crippen molar-refractivity contribution < 1.29 is 0 Å². The van der Waals surface area contributed by atoms with Crippen LogP contribution in [0.2, 0.25) is 0 Å². The smallest absolute Gasteiger partial charge is 0.166 e. The fourth-order valence-electron chi connectivity index (χ4n) is 1.92. The number of H-pyrrole nitrogens is 1. The molecular weight excluding hydrogens is 272 g/mol. The summed E-state index contributed by atoms with van der Waals surface area (Å²) in [6, 6.07) is 6.32. The van der Waals surface area contributed by atoms with E-state index in [1.54, 1.807) is 11.8 Å². The fraction of sp³-hybridized carbons (Fsp3) is 0.533. The molecule has 1 heterocycles. The van der Waals surface area contributed by atoms with Crippen molar-refractivity contribution >= 4 is 35.4 Å². The first-order valence-electron chi connectivity index (χ1n) is 6.60. The van der Waals surface area contributed by atoms with Gasteiger partial charge in [0, 0.05) is 5.75 Å². The Morgan fingerprint density at radius 1 is 1.37 bits per heavy atom. The van der Waals surface area contributed by atoms with Crippen molar-refractivity contribution in [3.8, 4) is 0 Å². The van der Waals surface area contributed by atoms with E-state index in [9.17, 15) is 0 Å². The van der Waals surface area contributed by atoms with Crippen molar-refractivity contribution in [3.63, 3.8) is 0 Å². The highest BCUT2D eigenvalue weighted by molar-refractivity contribution is 7.99. The Bertz CT molecular complexity index is 555. The first-order valence-corrected chi connectivity index (χ1v) is 8.22. The normalized spacial score (nSPS) is 13.9. The molecule has 0 saturated heterocycles. The Hall–Kier alpha value is -0.610. The number of thiol groups is 1. The van der Waals surface area contributed by atoms with Gasteiger partial charge < -0.3 is 4.98 Å². The summed E-state index contributed by atoms with van der Waals surface area (Å²) in [5.41, 5.74) is 3.72. The monoisotopic (exact) mass is 294 g/mol. The number of imidazole rings is 1. The lowest BCUT2D eigenvalue weighted by Crippen LogP contribution is -2.24. The summed E-state index contributed by atoms with van der Waals surface area (Å²) < 4.78 is 0. The van der Waals surface area contributed by atoms with Gasteiger partial charge >= 0.3 is 0 Å². The predicted octanol–water partition coefficient (Wildman–Crippen LogP) is 4.56. The predicted molar refractivity (Wildman–Crippen MR) is 88.4 cm³/mol. The van der Waals surface area contributed by atoms with Gasteiger partial charge in [0.05, 0.1) is 11.0 Å². The summed E-state index contributed by atoms with van der Waals surface area (Å²) >= 11 is 6.27. The van der Waals surface area contributed by atoms with Gasteiger partial charge in [-0.25, -0.2) is 4.98 Å². The van der Waals surface area contributed by atoms with Gasteiger partial charge in [-0.15, -0.1) is 0 Å². The standard InChI is InChI=1S/C15H22N2S2/c1-10-5-6-12-13(7-10)17-14(16-12)19-9-11(8-18)15(2,3)4/h5-7,11,18H,8-9H2,1-4H3,(H,16,17). The van der Waals surface area contributed by atoms with Crippen LogP contribution >= 0.6 is 24.4 Å². The van der Waals surface area contributed by atoms with Crippen LogP contribution in [0, 0.1) is 18.3 Å². The summed E-state index contributed by atoms with van der Waals surface area (Å²) in [7, 11) is 0. The Balaban J connectivity index is 2.09. The molecule has 2 rings (SSSR count). The molecule has 0 aliphatic rings. The Morgan fingerprint density at radius 2 is 2.11 bits per heavy atom. The molecule has 2 aromatic rings. The van der Waals surface area contributed by atoms with Crippen LogP contribution in [-0.4, -0.2) is 21.5 Å². The maximum absolute atomic E-state index is 4.62. The number of aromatic nitrogens is 2. The fourth-order valence-corrected chi connectivity index (χ4v) is 4.10. The van der Waals surface area contributed by atoms with Gasteiger partial charge in [-0.1, -0.05) is 38.6 Å². The van der Waals surface area contributed by atoms with E-state index < -0.39 is 0 Å². The quantitative estimate of drug-likeness (QED) is 0.639. The molecule has 19 heavy (non-hydrogen) atoms. The molecule has 1 N–H and O–H groups in total. The Morgan fingerprint density at radius 3 is 2.74 bits per heavy atom. The second-order valence-corrected chi connectivity index (χ2v) is 7.49. The summed E-state index contributed by atoms with van der Waals surface area (Å²) in [5, 5.41) is 1.01. The lowest BCUT2D eigenvalue weighted by Gasteiger charge is -2.28. The number of rotatable bonds is 4. The summed E-state index contributed by atoms with van der Waals surface area (Å²) in [6.07, 6.45) is 0. The highest BCUT2D eigenvalue weighted by Gasteiger charge is 2.23. The largest absolute Gasteiger partial charge is 0.333 e. The van der Waals surface area contributed by atoms with Gasteiger partial charge in [0.2, 0.25) is 0 Å². The molecule has 1 aromatic carbocycles. The molecule has 0 amide bonds. The molecule has 104 valence electrons. The van der Waals surface area contributed by atoms with E-state index in [-0.39, 0.29) is 5.41 Å². The van der Waals surface area contributed by atoms with Crippen molar-refractivity contribution in [2.24, 2.45) is 11.3 Å². The van der Waals surface area contributed by atoms with E-state index in [1.165, 1.54) is 5.56 Å². The van der Waals surface area contributed by atoms with Crippen molar-refractivity contribution in [3.05, 3.63) is 23.8 Å². The molecule has 2 nitrogen and oxygen atoms in total. The van der Waals surface area contributed by atoms with E-state index in [4.69, 9.17) is 0 Å². The first kappa shape index (κ1) is 14.8. The van der Waals surface area contributed by atoms with E-state index in [0.29, 0.717) is 5.92 Å². The number of thioether (sulfide) groups is 1. The number of benzene rings is 1. The molecule has 1 unspecified atom stereocenters. The number of hydrogen-bond donors (Lipinski definition) is 2. The van der Waals surface area contributed by atoms with Crippen LogP contribution in [-0.2, 0) is 0 Å². The minimum Gasteiger partial charge on any atom is -0.333 e. The highest BCUT2D eigenvalue weighted by atomic mass is 32.2. The molecule has 1 atom stereocenters. The van der Waals surface area contributed by atoms with Gasteiger partial charge in [0.1, 0.15) is 0 Å². The minimum absolute atomic E-state index is 0.289. The number of aryl methyl sites for hydroxylation is 1.